The lowest BCUT2D eigenvalue weighted by Gasteiger charge is -2.33. The van der Waals surface area contributed by atoms with Crippen LogP contribution in [0.1, 0.15) is 45.6 Å². The number of hydrogen-bond donors (Lipinski definition) is 1. The van der Waals surface area contributed by atoms with Crippen LogP contribution in [0.3, 0.4) is 0 Å². The van der Waals surface area contributed by atoms with Gasteiger partial charge in [0.15, 0.2) is 0 Å². The fourth-order valence-electron chi connectivity index (χ4n) is 3.23. The van der Waals surface area contributed by atoms with Gasteiger partial charge in [-0.15, -0.1) is 0 Å². The van der Waals surface area contributed by atoms with Crippen molar-refractivity contribution < 1.29 is 4.74 Å². The van der Waals surface area contributed by atoms with E-state index in [1.165, 1.54) is 31.5 Å². The van der Waals surface area contributed by atoms with Crippen LogP contribution in [0.4, 0.5) is 0 Å². The van der Waals surface area contributed by atoms with E-state index >= 15 is 0 Å². The maximum absolute atomic E-state index is 6.04. The molecule has 0 radical (unpaired) electrons. The van der Waals surface area contributed by atoms with Crippen LogP contribution < -0.4 is 10.1 Å². The molecule has 1 fully saturated rings. The standard InChI is InChI=1S/C20H34N2O/c1-4-21-14-18-8-7-12-22(15-18)16-19-9-5-6-10-20(19)23-13-11-17(2)3/h5-6,9-10,17-18,21H,4,7-8,11-16H2,1-3H3. The number of para-hydroxylation sites is 1. The third-order valence-electron chi connectivity index (χ3n) is 4.61. The number of hydrogen-bond acceptors (Lipinski definition) is 3. The molecule has 1 aliphatic rings. The molecule has 3 heteroatoms. The molecule has 1 aromatic carbocycles. The molecule has 1 heterocycles. The van der Waals surface area contributed by atoms with Crippen molar-refractivity contribution in [1.82, 2.24) is 10.2 Å². The zero-order valence-corrected chi connectivity index (χ0v) is 15.2. The Labute approximate surface area is 142 Å². The summed E-state index contributed by atoms with van der Waals surface area (Å²) >= 11 is 0. The van der Waals surface area contributed by atoms with Crippen LogP contribution >= 0.6 is 0 Å². The van der Waals surface area contributed by atoms with Crippen LogP contribution in [0.15, 0.2) is 24.3 Å². The van der Waals surface area contributed by atoms with Crippen molar-refractivity contribution in [1.29, 1.82) is 0 Å². The average molecular weight is 319 g/mol. The van der Waals surface area contributed by atoms with Gasteiger partial charge in [-0.3, -0.25) is 4.90 Å². The van der Waals surface area contributed by atoms with Gasteiger partial charge in [0.2, 0.25) is 0 Å². The van der Waals surface area contributed by atoms with Gasteiger partial charge in [-0.2, -0.15) is 0 Å². The van der Waals surface area contributed by atoms with Crippen molar-refractivity contribution in [3.63, 3.8) is 0 Å². The van der Waals surface area contributed by atoms with Gasteiger partial charge in [-0.05, 0) is 56.8 Å². The number of ether oxygens (including phenoxy) is 1. The first-order valence-electron chi connectivity index (χ1n) is 9.32. The quantitative estimate of drug-likeness (QED) is 0.746. The summed E-state index contributed by atoms with van der Waals surface area (Å²) in [5.74, 6) is 2.55. The van der Waals surface area contributed by atoms with Crippen LogP contribution in [0, 0.1) is 11.8 Å². The maximum atomic E-state index is 6.04. The van der Waals surface area contributed by atoms with Crippen molar-refractivity contribution in [3.8, 4) is 5.75 Å². The van der Waals surface area contributed by atoms with E-state index in [0.717, 1.165) is 44.3 Å². The summed E-state index contributed by atoms with van der Waals surface area (Å²) in [4.78, 5) is 2.59. The first kappa shape index (κ1) is 18.3. The first-order valence-corrected chi connectivity index (χ1v) is 9.32. The Morgan fingerprint density at radius 3 is 2.91 bits per heavy atom. The molecular formula is C20H34N2O. The topological polar surface area (TPSA) is 24.5 Å². The Hall–Kier alpha value is -1.06. The molecule has 0 amide bonds. The Morgan fingerprint density at radius 1 is 1.30 bits per heavy atom. The van der Waals surface area contributed by atoms with E-state index in [1.54, 1.807) is 0 Å². The van der Waals surface area contributed by atoms with Gasteiger partial charge in [0.25, 0.3) is 0 Å². The number of nitrogens with zero attached hydrogens (tertiary/aromatic N) is 1. The second-order valence-corrected chi connectivity index (χ2v) is 7.19. The van der Waals surface area contributed by atoms with Crippen molar-refractivity contribution in [2.24, 2.45) is 11.8 Å². The summed E-state index contributed by atoms with van der Waals surface area (Å²) in [6.07, 6.45) is 3.78. The van der Waals surface area contributed by atoms with Crippen molar-refractivity contribution >= 4 is 0 Å². The third kappa shape index (κ3) is 6.52. The number of nitrogens with one attached hydrogen (secondary N) is 1. The van der Waals surface area contributed by atoms with E-state index in [2.05, 4.69) is 55.3 Å². The number of benzene rings is 1. The van der Waals surface area contributed by atoms with Gasteiger partial charge in [0.05, 0.1) is 6.61 Å². The minimum atomic E-state index is 0.691. The summed E-state index contributed by atoms with van der Waals surface area (Å²) in [5, 5.41) is 3.50. The third-order valence-corrected chi connectivity index (χ3v) is 4.61. The molecule has 23 heavy (non-hydrogen) atoms. The molecular weight excluding hydrogens is 284 g/mol. The number of piperidine rings is 1. The van der Waals surface area contributed by atoms with Crippen molar-refractivity contribution in [2.75, 3.05) is 32.8 Å². The molecule has 1 aliphatic heterocycles. The second kappa shape index (κ2) is 9.94. The zero-order valence-electron chi connectivity index (χ0n) is 15.2. The van der Waals surface area contributed by atoms with Crippen LogP contribution in [0.25, 0.3) is 0 Å². The Morgan fingerprint density at radius 2 is 2.13 bits per heavy atom. The molecule has 0 aromatic heterocycles. The average Bonchev–Trinajstić information content (AvgIpc) is 2.54. The second-order valence-electron chi connectivity index (χ2n) is 7.19. The fraction of sp³-hybridized carbons (Fsp3) is 0.700. The normalized spacial score (nSPS) is 19.2. The lowest BCUT2D eigenvalue weighted by Crippen LogP contribution is -2.39. The Balaban J connectivity index is 1.88. The van der Waals surface area contributed by atoms with E-state index in [1.807, 2.05) is 0 Å². The predicted octanol–water partition coefficient (Wildman–Crippen LogP) is 3.93. The lowest BCUT2D eigenvalue weighted by molar-refractivity contribution is 0.163. The minimum absolute atomic E-state index is 0.691. The molecule has 1 atom stereocenters. The monoisotopic (exact) mass is 318 g/mol. The molecule has 0 bridgehead atoms. The highest BCUT2D eigenvalue weighted by atomic mass is 16.5. The van der Waals surface area contributed by atoms with Gasteiger partial charge in [-0.1, -0.05) is 39.0 Å². The van der Waals surface area contributed by atoms with Crippen LogP contribution in [-0.4, -0.2) is 37.7 Å². The summed E-state index contributed by atoms with van der Waals surface area (Å²) in [6, 6.07) is 8.55. The molecule has 0 aliphatic carbocycles. The summed E-state index contributed by atoms with van der Waals surface area (Å²) in [6.45, 7) is 13.1. The van der Waals surface area contributed by atoms with E-state index in [0.29, 0.717) is 5.92 Å². The fourth-order valence-corrected chi connectivity index (χ4v) is 3.23. The van der Waals surface area contributed by atoms with Gasteiger partial charge < -0.3 is 10.1 Å². The van der Waals surface area contributed by atoms with Gasteiger partial charge >= 0.3 is 0 Å². The molecule has 1 aromatic rings. The highest BCUT2D eigenvalue weighted by Crippen LogP contribution is 2.24. The molecule has 2 rings (SSSR count). The minimum Gasteiger partial charge on any atom is -0.493 e. The van der Waals surface area contributed by atoms with Crippen LogP contribution in [0.2, 0.25) is 0 Å². The van der Waals surface area contributed by atoms with Crippen molar-refractivity contribution in [2.45, 2.75) is 46.6 Å². The summed E-state index contributed by atoms with van der Waals surface area (Å²) in [7, 11) is 0. The van der Waals surface area contributed by atoms with E-state index in [9.17, 15) is 0 Å². The van der Waals surface area contributed by atoms with Gasteiger partial charge in [0, 0.05) is 18.7 Å². The van der Waals surface area contributed by atoms with Crippen molar-refractivity contribution in [3.05, 3.63) is 29.8 Å². The van der Waals surface area contributed by atoms with E-state index in [-0.39, 0.29) is 0 Å². The SMILES string of the molecule is CCNCC1CCCN(Cc2ccccc2OCCC(C)C)C1. The molecule has 1 saturated heterocycles. The molecule has 130 valence electrons. The molecule has 3 nitrogen and oxygen atoms in total. The van der Waals surface area contributed by atoms with Crippen LogP contribution in [0.5, 0.6) is 5.75 Å². The first-order chi connectivity index (χ1) is 11.2. The summed E-state index contributed by atoms with van der Waals surface area (Å²) in [5.41, 5.74) is 1.33. The largest absolute Gasteiger partial charge is 0.493 e. The van der Waals surface area contributed by atoms with Crippen LogP contribution in [-0.2, 0) is 6.54 Å². The van der Waals surface area contributed by atoms with E-state index in [4.69, 9.17) is 4.74 Å². The maximum Gasteiger partial charge on any atom is 0.123 e. The highest BCUT2D eigenvalue weighted by Gasteiger charge is 2.20. The highest BCUT2D eigenvalue weighted by molar-refractivity contribution is 5.33. The number of rotatable bonds is 9. The smallest absolute Gasteiger partial charge is 0.123 e. The van der Waals surface area contributed by atoms with Gasteiger partial charge in [-0.25, -0.2) is 0 Å². The predicted molar refractivity (Wildman–Crippen MR) is 97.9 cm³/mol. The van der Waals surface area contributed by atoms with E-state index < -0.39 is 0 Å². The number of likely N-dealkylation sites (tertiary alicyclic amines) is 1. The molecule has 0 saturated carbocycles. The summed E-state index contributed by atoms with van der Waals surface area (Å²) < 4.78 is 6.04. The molecule has 1 unspecified atom stereocenters. The molecule has 0 spiro atoms. The van der Waals surface area contributed by atoms with Gasteiger partial charge in [0.1, 0.15) is 5.75 Å². The zero-order chi connectivity index (χ0) is 16.5. The Kier molecular flexibility index (Phi) is 7.90. The molecule has 1 N–H and O–H groups in total. The Bertz CT molecular complexity index is 447. The lowest BCUT2D eigenvalue weighted by atomic mass is 9.97.